The van der Waals surface area contributed by atoms with Crippen molar-refractivity contribution in [3.63, 3.8) is 0 Å². The maximum atomic E-state index is 13.3. The van der Waals surface area contributed by atoms with Crippen LogP contribution in [0.1, 0.15) is 12.0 Å². The van der Waals surface area contributed by atoms with Gasteiger partial charge in [0.2, 0.25) is 0 Å². The van der Waals surface area contributed by atoms with E-state index in [-0.39, 0.29) is 11.9 Å². The Balaban J connectivity index is 1.94. The summed E-state index contributed by atoms with van der Waals surface area (Å²) in [6, 6.07) is 4.91. The maximum Gasteiger partial charge on any atom is 0.128 e. The van der Waals surface area contributed by atoms with Gasteiger partial charge in [-0.2, -0.15) is 0 Å². The first kappa shape index (κ1) is 11.0. The number of benzene rings is 1. The van der Waals surface area contributed by atoms with E-state index in [4.69, 9.17) is 4.74 Å². The highest BCUT2D eigenvalue weighted by Crippen LogP contribution is 2.17. The molecule has 0 aromatic heterocycles. The van der Waals surface area contributed by atoms with Crippen molar-refractivity contribution in [2.24, 2.45) is 0 Å². The Morgan fingerprint density at radius 3 is 3.13 bits per heavy atom. The van der Waals surface area contributed by atoms with Crippen molar-refractivity contribution in [1.82, 2.24) is 5.32 Å². The minimum absolute atomic E-state index is 0.204. The third kappa shape index (κ3) is 3.00. The van der Waals surface area contributed by atoms with E-state index in [0.29, 0.717) is 12.2 Å². The quantitative estimate of drug-likeness (QED) is 0.914. The first-order valence-corrected chi connectivity index (χ1v) is 5.81. The van der Waals surface area contributed by atoms with Crippen LogP contribution in [0.15, 0.2) is 22.7 Å². The third-order valence-corrected chi connectivity index (χ3v) is 2.99. The maximum absolute atomic E-state index is 13.3. The Labute approximate surface area is 96.9 Å². The van der Waals surface area contributed by atoms with Gasteiger partial charge in [0.05, 0.1) is 12.7 Å². The molecule has 0 aliphatic carbocycles. The fraction of sp³-hybridized carbons (Fsp3) is 0.455. The largest absolute Gasteiger partial charge is 0.372 e. The highest BCUT2D eigenvalue weighted by atomic mass is 79.9. The van der Waals surface area contributed by atoms with Crippen molar-refractivity contribution in [2.75, 3.05) is 13.1 Å². The van der Waals surface area contributed by atoms with Gasteiger partial charge in [0.1, 0.15) is 5.82 Å². The Bertz CT molecular complexity index is 339. The molecule has 1 aliphatic heterocycles. The lowest BCUT2D eigenvalue weighted by Gasteiger charge is -2.11. The molecule has 82 valence electrons. The summed E-state index contributed by atoms with van der Waals surface area (Å²) in [7, 11) is 0. The van der Waals surface area contributed by atoms with Crippen molar-refractivity contribution < 1.29 is 9.13 Å². The van der Waals surface area contributed by atoms with Crippen molar-refractivity contribution in [3.8, 4) is 0 Å². The molecule has 1 saturated heterocycles. The van der Waals surface area contributed by atoms with Gasteiger partial charge in [-0.15, -0.1) is 0 Å². The summed E-state index contributed by atoms with van der Waals surface area (Å²) in [5.41, 5.74) is 0.608. The Hall–Kier alpha value is -0.450. The van der Waals surface area contributed by atoms with Gasteiger partial charge in [-0.25, -0.2) is 4.39 Å². The zero-order valence-corrected chi connectivity index (χ0v) is 9.89. The fourth-order valence-electron chi connectivity index (χ4n) is 1.63. The van der Waals surface area contributed by atoms with Crippen LogP contribution in [0.2, 0.25) is 0 Å². The molecule has 1 unspecified atom stereocenters. The van der Waals surface area contributed by atoms with Gasteiger partial charge >= 0.3 is 0 Å². The summed E-state index contributed by atoms with van der Waals surface area (Å²) in [4.78, 5) is 0. The SMILES string of the molecule is Fc1ccc(Br)cc1COC1CCNC1. The van der Waals surface area contributed by atoms with Gasteiger partial charge in [0.25, 0.3) is 0 Å². The number of hydrogen-bond donors (Lipinski definition) is 1. The fourth-order valence-corrected chi connectivity index (χ4v) is 2.04. The molecule has 1 aromatic rings. The topological polar surface area (TPSA) is 21.3 Å². The van der Waals surface area contributed by atoms with Gasteiger partial charge in [-0.3, -0.25) is 0 Å². The number of nitrogens with one attached hydrogen (secondary N) is 1. The van der Waals surface area contributed by atoms with Gasteiger partial charge in [0, 0.05) is 16.6 Å². The molecule has 2 nitrogen and oxygen atoms in total. The first-order valence-electron chi connectivity index (χ1n) is 5.02. The molecule has 15 heavy (non-hydrogen) atoms. The second kappa shape index (κ2) is 5.05. The second-order valence-electron chi connectivity index (χ2n) is 3.66. The van der Waals surface area contributed by atoms with E-state index in [1.807, 2.05) is 0 Å². The highest BCUT2D eigenvalue weighted by molar-refractivity contribution is 9.10. The van der Waals surface area contributed by atoms with Crippen molar-refractivity contribution in [1.29, 1.82) is 0 Å². The van der Waals surface area contributed by atoms with E-state index >= 15 is 0 Å². The Morgan fingerprint density at radius 2 is 2.40 bits per heavy atom. The lowest BCUT2D eigenvalue weighted by molar-refractivity contribution is 0.0525. The van der Waals surface area contributed by atoms with Crippen LogP contribution < -0.4 is 5.32 Å². The standard InChI is InChI=1S/C11H13BrFNO/c12-9-1-2-11(13)8(5-9)7-15-10-3-4-14-6-10/h1-2,5,10,14H,3-4,6-7H2. The predicted octanol–water partition coefficient (Wildman–Crippen LogP) is 2.47. The van der Waals surface area contributed by atoms with Crippen molar-refractivity contribution in [3.05, 3.63) is 34.1 Å². The predicted molar refractivity (Wildman–Crippen MR) is 60.2 cm³/mol. The molecule has 0 amide bonds. The van der Waals surface area contributed by atoms with Crippen LogP contribution in [-0.4, -0.2) is 19.2 Å². The summed E-state index contributed by atoms with van der Waals surface area (Å²) >= 11 is 3.32. The van der Waals surface area contributed by atoms with Crippen LogP contribution in [0.4, 0.5) is 4.39 Å². The van der Waals surface area contributed by atoms with Gasteiger partial charge in [-0.05, 0) is 31.2 Å². The lowest BCUT2D eigenvalue weighted by Crippen LogP contribution is -2.16. The van der Waals surface area contributed by atoms with Crippen LogP contribution in [0, 0.1) is 5.82 Å². The van der Waals surface area contributed by atoms with Crippen LogP contribution in [0.25, 0.3) is 0 Å². The zero-order valence-electron chi connectivity index (χ0n) is 8.30. The third-order valence-electron chi connectivity index (χ3n) is 2.50. The number of halogens is 2. The van der Waals surface area contributed by atoms with Gasteiger partial charge in [-0.1, -0.05) is 15.9 Å². The average Bonchev–Trinajstić information content (AvgIpc) is 2.72. The summed E-state index contributed by atoms with van der Waals surface area (Å²) in [5.74, 6) is -0.204. The molecule has 0 bridgehead atoms. The van der Waals surface area contributed by atoms with E-state index in [1.165, 1.54) is 6.07 Å². The Morgan fingerprint density at radius 1 is 1.53 bits per heavy atom. The Kier molecular flexibility index (Phi) is 3.72. The van der Waals surface area contributed by atoms with E-state index in [2.05, 4.69) is 21.2 Å². The van der Waals surface area contributed by atoms with Crippen molar-refractivity contribution in [2.45, 2.75) is 19.1 Å². The minimum atomic E-state index is -0.204. The molecule has 1 aliphatic rings. The van der Waals surface area contributed by atoms with E-state index in [1.54, 1.807) is 12.1 Å². The molecule has 2 rings (SSSR count). The molecule has 1 heterocycles. The smallest absolute Gasteiger partial charge is 0.128 e. The van der Waals surface area contributed by atoms with Crippen LogP contribution in [-0.2, 0) is 11.3 Å². The highest BCUT2D eigenvalue weighted by Gasteiger charge is 2.15. The zero-order chi connectivity index (χ0) is 10.7. The number of hydrogen-bond acceptors (Lipinski definition) is 2. The van der Waals surface area contributed by atoms with Crippen LogP contribution >= 0.6 is 15.9 Å². The first-order chi connectivity index (χ1) is 7.25. The summed E-state index contributed by atoms with van der Waals surface area (Å²) in [6.07, 6.45) is 1.23. The lowest BCUT2D eigenvalue weighted by atomic mass is 10.2. The molecule has 1 fully saturated rings. The summed E-state index contributed by atoms with van der Waals surface area (Å²) in [6.45, 7) is 2.21. The van der Waals surface area contributed by atoms with Gasteiger partial charge < -0.3 is 10.1 Å². The normalized spacial score (nSPS) is 20.8. The molecule has 0 saturated carbocycles. The van der Waals surface area contributed by atoms with Gasteiger partial charge in [0.15, 0.2) is 0 Å². The minimum Gasteiger partial charge on any atom is -0.372 e. The molecule has 0 radical (unpaired) electrons. The summed E-state index contributed by atoms with van der Waals surface area (Å²) in [5, 5.41) is 3.21. The summed E-state index contributed by atoms with van der Waals surface area (Å²) < 4.78 is 19.8. The van der Waals surface area contributed by atoms with E-state index in [0.717, 1.165) is 24.0 Å². The number of ether oxygens (including phenoxy) is 1. The van der Waals surface area contributed by atoms with Crippen molar-refractivity contribution >= 4 is 15.9 Å². The average molecular weight is 274 g/mol. The molecule has 1 aromatic carbocycles. The molecular formula is C11H13BrFNO. The van der Waals surface area contributed by atoms with Crippen LogP contribution in [0.3, 0.4) is 0 Å². The molecule has 1 atom stereocenters. The molecule has 0 spiro atoms. The molecule has 1 N–H and O–H groups in total. The monoisotopic (exact) mass is 273 g/mol. The van der Waals surface area contributed by atoms with Crippen LogP contribution in [0.5, 0.6) is 0 Å². The van der Waals surface area contributed by atoms with E-state index < -0.39 is 0 Å². The second-order valence-corrected chi connectivity index (χ2v) is 4.58. The molecule has 4 heteroatoms. The van der Waals surface area contributed by atoms with E-state index in [9.17, 15) is 4.39 Å². The number of rotatable bonds is 3. The molecular weight excluding hydrogens is 261 g/mol.